The molecule has 0 radical (unpaired) electrons. The number of halogens is 2. The van der Waals surface area contributed by atoms with Crippen molar-refractivity contribution in [3.8, 4) is 0 Å². The van der Waals surface area contributed by atoms with Crippen molar-refractivity contribution in [1.29, 1.82) is 0 Å². The van der Waals surface area contributed by atoms with Crippen LogP contribution in [-0.4, -0.2) is 11.9 Å². The van der Waals surface area contributed by atoms with Crippen molar-refractivity contribution in [1.82, 2.24) is 0 Å². The number of amides is 1. The number of nitrogens with two attached hydrogens (primary N) is 1. The summed E-state index contributed by atoms with van der Waals surface area (Å²) in [6.45, 7) is 1.80. The first-order valence-corrected chi connectivity index (χ1v) is 5.34. The van der Waals surface area contributed by atoms with Gasteiger partial charge in [0.2, 0.25) is 5.91 Å². The molecule has 0 fully saturated rings. The van der Waals surface area contributed by atoms with E-state index in [9.17, 15) is 9.18 Å². The summed E-state index contributed by atoms with van der Waals surface area (Å²) < 4.78 is 14.0. The van der Waals surface area contributed by atoms with Crippen molar-refractivity contribution in [2.24, 2.45) is 5.73 Å². The van der Waals surface area contributed by atoms with Crippen LogP contribution in [0.25, 0.3) is 0 Å². The Bertz CT molecular complexity index is 370. The van der Waals surface area contributed by atoms with Gasteiger partial charge in [-0.25, -0.2) is 4.39 Å². The van der Waals surface area contributed by atoms with Crippen LogP contribution in [0, 0.1) is 5.82 Å². The molecule has 0 aliphatic carbocycles. The lowest BCUT2D eigenvalue weighted by Crippen LogP contribution is -2.34. The molecular formula is C10H12BrFN2O. The summed E-state index contributed by atoms with van der Waals surface area (Å²) in [4.78, 5) is 10.9. The predicted molar refractivity (Wildman–Crippen MR) is 61.0 cm³/mol. The molecule has 0 spiro atoms. The van der Waals surface area contributed by atoms with Crippen LogP contribution in [0.5, 0.6) is 0 Å². The quantitative estimate of drug-likeness (QED) is 0.885. The Morgan fingerprint density at radius 2 is 2.33 bits per heavy atom. The van der Waals surface area contributed by atoms with Gasteiger partial charge in [-0.2, -0.15) is 0 Å². The second kappa shape index (κ2) is 5.11. The first-order chi connectivity index (χ1) is 7.04. The van der Waals surface area contributed by atoms with E-state index in [-0.39, 0.29) is 5.69 Å². The molecule has 15 heavy (non-hydrogen) atoms. The molecule has 1 aromatic rings. The van der Waals surface area contributed by atoms with Gasteiger partial charge >= 0.3 is 0 Å². The summed E-state index contributed by atoms with van der Waals surface area (Å²) in [5, 5.41) is 2.75. The molecule has 1 rings (SSSR count). The van der Waals surface area contributed by atoms with E-state index >= 15 is 0 Å². The molecule has 5 heteroatoms. The molecule has 3 N–H and O–H groups in total. The maximum absolute atomic E-state index is 13.4. The molecule has 1 unspecified atom stereocenters. The number of hydrogen-bond donors (Lipinski definition) is 2. The highest BCUT2D eigenvalue weighted by atomic mass is 79.9. The SMILES string of the molecule is CCC(Nc1ccc(Br)cc1F)C(N)=O. The highest BCUT2D eigenvalue weighted by Crippen LogP contribution is 2.20. The first kappa shape index (κ1) is 12.0. The monoisotopic (exact) mass is 274 g/mol. The number of benzene rings is 1. The van der Waals surface area contributed by atoms with Gasteiger partial charge in [0.05, 0.1) is 5.69 Å². The van der Waals surface area contributed by atoms with Gasteiger partial charge in [0, 0.05) is 4.47 Å². The van der Waals surface area contributed by atoms with Crippen LogP contribution in [-0.2, 0) is 4.79 Å². The number of hydrogen-bond acceptors (Lipinski definition) is 2. The summed E-state index contributed by atoms with van der Waals surface area (Å²) in [6, 6.07) is 4.04. The van der Waals surface area contributed by atoms with Crippen molar-refractivity contribution in [2.75, 3.05) is 5.32 Å². The highest BCUT2D eigenvalue weighted by Gasteiger charge is 2.14. The Hall–Kier alpha value is -1.10. The molecule has 0 saturated heterocycles. The number of nitrogens with one attached hydrogen (secondary N) is 1. The minimum atomic E-state index is -0.541. The van der Waals surface area contributed by atoms with Gasteiger partial charge in [-0.3, -0.25) is 4.79 Å². The average molecular weight is 275 g/mol. The lowest BCUT2D eigenvalue weighted by Gasteiger charge is -2.15. The Morgan fingerprint density at radius 1 is 1.67 bits per heavy atom. The summed E-state index contributed by atoms with van der Waals surface area (Å²) >= 11 is 3.15. The van der Waals surface area contributed by atoms with Gasteiger partial charge < -0.3 is 11.1 Å². The van der Waals surface area contributed by atoms with Crippen LogP contribution in [0.3, 0.4) is 0 Å². The van der Waals surface area contributed by atoms with E-state index in [2.05, 4.69) is 21.2 Å². The number of rotatable bonds is 4. The minimum absolute atomic E-state index is 0.281. The second-order valence-electron chi connectivity index (χ2n) is 3.13. The number of carbonyl (C=O) groups excluding carboxylic acids is 1. The van der Waals surface area contributed by atoms with Gasteiger partial charge in [-0.05, 0) is 24.6 Å². The predicted octanol–water partition coefficient (Wildman–Crippen LogP) is 2.26. The fourth-order valence-corrected chi connectivity index (χ4v) is 1.50. The molecule has 0 aliphatic rings. The van der Waals surface area contributed by atoms with Gasteiger partial charge in [-0.15, -0.1) is 0 Å². The highest BCUT2D eigenvalue weighted by molar-refractivity contribution is 9.10. The first-order valence-electron chi connectivity index (χ1n) is 4.55. The maximum atomic E-state index is 13.4. The zero-order chi connectivity index (χ0) is 11.4. The molecule has 1 amide bonds. The summed E-state index contributed by atoms with van der Waals surface area (Å²) in [5.41, 5.74) is 5.42. The molecule has 0 bridgehead atoms. The molecule has 0 aromatic heterocycles. The summed E-state index contributed by atoms with van der Waals surface area (Å²) in [7, 11) is 0. The van der Waals surface area contributed by atoms with Gasteiger partial charge in [0.15, 0.2) is 0 Å². The van der Waals surface area contributed by atoms with Gasteiger partial charge in [0.1, 0.15) is 11.9 Å². The third-order valence-corrected chi connectivity index (χ3v) is 2.51. The van der Waals surface area contributed by atoms with Crippen LogP contribution < -0.4 is 11.1 Å². The Balaban J connectivity index is 2.84. The van der Waals surface area contributed by atoms with Crippen LogP contribution in [0.4, 0.5) is 10.1 Å². The molecular weight excluding hydrogens is 263 g/mol. The second-order valence-corrected chi connectivity index (χ2v) is 4.05. The van der Waals surface area contributed by atoms with E-state index in [4.69, 9.17) is 5.73 Å². The van der Waals surface area contributed by atoms with E-state index in [1.165, 1.54) is 6.07 Å². The summed E-state index contributed by atoms with van der Waals surface area (Å²) in [6.07, 6.45) is 0.519. The van der Waals surface area contributed by atoms with Crippen LogP contribution in [0.15, 0.2) is 22.7 Å². The third-order valence-electron chi connectivity index (χ3n) is 2.01. The van der Waals surface area contributed by atoms with Gasteiger partial charge in [0.25, 0.3) is 0 Å². The normalized spacial score (nSPS) is 12.2. The van der Waals surface area contributed by atoms with E-state index in [0.29, 0.717) is 10.9 Å². The molecule has 82 valence electrons. The van der Waals surface area contributed by atoms with Crippen LogP contribution in [0.1, 0.15) is 13.3 Å². The Labute approximate surface area is 96.0 Å². The Morgan fingerprint density at radius 3 is 2.80 bits per heavy atom. The van der Waals surface area contributed by atoms with Crippen molar-refractivity contribution < 1.29 is 9.18 Å². The zero-order valence-electron chi connectivity index (χ0n) is 8.26. The van der Waals surface area contributed by atoms with Crippen LogP contribution in [0.2, 0.25) is 0 Å². The molecule has 0 saturated carbocycles. The van der Waals surface area contributed by atoms with Crippen molar-refractivity contribution in [3.05, 3.63) is 28.5 Å². The van der Waals surface area contributed by atoms with Crippen molar-refractivity contribution in [2.45, 2.75) is 19.4 Å². The van der Waals surface area contributed by atoms with Crippen LogP contribution >= 0.6 is 15.9 Å². The molecule has 0 heterocycles. The molecule has 3 nitrogen and oxygen atoms in total. The standard InChI is InChI=1S/C10H12BrFN2O/c1-2-8(10(13)15)14-9-4-3-6(11)5-7(9)12/h3-5,8,14H,2H2,1H3,(H2,13,15). The number of anilines is 1. The molecule has 1 aromatic carbocycles. The fraction of sp³-hybridized carbons (Fsp3) is 0.300. The zero-order valence-corrected chi connectivity index (χ0v) is 9.84. The maximum Gasteiger partial charge on any atom is 0.239 e. The topological polar surface area (TPSA) is 55.1 Å². The smallest absolute Gasteiger partial charge is 0.239 e. The number of primary amides is 1. The minimum Gasteiger partial charge on any atom is -0.371 e. The number of carbonyl (C=O) groups is 1. The van der Waals surface area contributed by atoms with E-state index in [0.717, 1.165) is 0 Å². The molecule has 1 atom stereocenters. The lowest BCUT2D eigenvalue weighted by molar-refractivity contribution is -0.118. The summed E-state index contributed by atoms with van der Waals surface area (Å²) in [5.74, 6) is -0.899. The Kier molecular flexibility index (Phi) is 4.08. The van der Waals surface area contributed by atoms with Gasteiger partial charge in [-0.1, -0.05) is 22.9 Å². The van der Waals surface area contributed by atoms with Crippen molar-refractivity contribution >= 4 is 27.5 Å². The van der Waals surface area contributed by atoms with E-state index < -0.39 is 17.8 Å². The van der Waals surface area contributed by atoms with E-state index in [1.54, 1.807) is 19.1 Å². The molecule has 0 aliphatic heterocycles. The lowest BCUT2D eigenvalue weighted by atomic mass is 10.2. The third kappa shape index (κ3) is 3.20. The fourth-order valence-electron chi connectivity index (χ4n) is 1.17. The largest absolute Gasteiger partial charge is 0.371 e. The van der Waals surface area contributed by atoms with Crippen molar-refractivity contribution in [3.63, 3.8) is 0 Å². The van der Waals surface area contributed by atoms with E-state index in [1.807, 2.05) is 0 Å². The average Bonchev–Trinajstić information content (AvgIpc) is 2.16.